The van der Waals surface area contributed by atoms with Crippen LogP contribution in [-0.2, 0) is 31.2 Å². The van der Waals surface area contributed by atoms with E-state index in [1.54, 1.807) is 37.3 Å². The number of anilines is 1. The van der Waals surface area contributed by atoms with Crippen LogP contribution in [0.4, 0.5) is 39.8 Å². The van der Waals surface area contributed by atoms with Gasteiger partial charge in [-0.05, 0) is 66.4 Å². The summed E-state index contributed by atoms with van der Waals surface area (Å²) in [6.07, 6.45) is 0. The maximum atomic E-state index is 12.1. The Hall–Kier alpha value is -6.28. The Labute approximate surface area is 319 Å². The van der Waals surface area contributed by atoms with Crippen LogP contribution >= 0.6 is 12.0 Å². The third kappa shape index (κ3) is 9.57. The molecule has 0 aliphatic rings. The van der Waals surface area contributed by atoms with E-state index in [0.717, 1.165) is 18.2 Å². The van der Waals surface area contributed by atoms with E-state index in [4.69, 9.17) is 9.99 Å². The summed E-state index contributed by atoms with van der Waals surface area (Å²) in [5, 5.41) is 80.9. The van der Waals surface area contributed by atoms with Crippen molar-refractivity contribution in [2.75, 3.05) is 12.4 Å². The monoisotopic (exact) mass is 804 g/mol. The zero-order valence-corrected chi connectivity index (χ0v) is 29.8. The molecule has 18 nitrogen and oxygen atoms in total. The summed E-state index contributed by atoms with van der Waals surface area (Å²) in [4.78, 5) is 35.7. The second kappa shape index (κ2) is 18.0. The molecule has 0 spiro atoms. The summed E-state index contributed by atoms with van der Waals surface area (Å²) in [5.74, 6) is -3.49. The Morgan fingerprint density at radius 1 is 0.722 bits per heavy atom. The number of hydrogen-bond donors (Lipinski definition) is 6. The van der Waals surface area contributed by atoms with Crippen molar-refractivity contribution in [2.24, 2.45) is 30.7 Å². The quantitative estimate of drug-likeness (QED) is 0.0162. The van der Waals surface area contributed by atoms with Crippen LogP contribution in [0.25, 0.3) is 10.8 Å². The molecule has 0 saturated heterocycles. The molecule has 20 heteroatoms. The Balaban J connectivity index is 0.00000650. The summed E-state index contributed by atoms with van der Waals surface area (Å²) in [6.45, 7) is 2.93. The number of phenols is 2. The Bertz CT molecular complexity index is 2360. The van der Waals surface area contributed by atoms with Crippen LogP contribution in [0.5, 0.6) is 17.2 Å². The maximum absolute atomic E-state index is 12.1. The van der Waals surface area contributed by atoms with Crippen molar-refractivity contribution in [1.82, 2.24) is 0 Å². The fraction of sp³-hybridized carbons (Fsp3) is 0.0882. The van der Waals surface area contributed by atoms with Crippen molar-refractivity contribution in [3.05, 3.63) is 89.5 Å². The predicted octanol–water partition coefficient (Wildman–Crippen LogP) is 9.59. The van der Waals surface area contributed by atoms with E-state index in [1.165, 1.54) is 38.3 Å². The molecule has 0 atom stereocenters. The smallest absolute Gasteiger partial charge is 0.337 e. The van der Waals surface area contributed by atoms with Crippen molar-refractivity contribution in [3.8, 4) is 17.2 Å². The summed E-state index contributed by atoms with van der Waals surface area (Å²) in [5.41, 5.74) is 0.478. The molecule has 0 aliphatic carbocycles. The fourth-order valence-corrected chi connectivity index (χ4v) is 5.16. The van der Waals surface area contributed by atoms with E-state index < -0.39 is 23.6 Å². The third-order valence-electron chi connectivity index (χ3n) is 7.27. The number of carboxylic acid groups (broad SMARTS) is 2. The number of ether oxygens (including phenoxy) is 1. The molecule has 5 aromatic rings. The van der Waals surface area contributed by atoms with E-state index in [2.05, 4.69) is 45.4 Å². The first-order valence-corrected chi connectivity index (χ1v) is 15.7. The molecule has 5 rings (SSSR count). The van der Waals surface area contributed by atoms with Gasteiger partial charge in [-0.3, -0.25) is 4.79 Å². The number of hydrogen-bond acceptors (Lipinski definition) is 16. The van der Waals surface area contributed by atoms with Crippen LogP contribution in [-0.4, -0.2) is 50.6 Å². The largest absolute Gasteiger partial charge is 0.506 e. The van der Waals surface area contributed by atoms with E-state index in [1.807, 2.05) is 0 Å². The number of methoxy groups -OCH3 is 1. The summed E-state index contributed by atoms with van der Waals surface area (Å²) >= 11 is 0.710. The van der Waals surface area contributed by atoms with Crippen LogP contribution in [0.15, 0.2) is 108 Å². The van der Waals surface area contributed by atoms with Gasteiger partial charge in [0.2, 0.25) is 5.91 Å². The van der Waals surface area contributed by atoms with Crippen LogP contribution in [0.2, 0.25) is 0 Å². The molecule has 281 valence electrons. The molecule has 0 aliphatic heterocycles. The second-order valence-electron chi connectivity index (χ2n) is 10.8. The minimum absolute atomic E-state index is 0. The number of aromatic hydroxyl groups is 2. The summed E-state index contributed by atoms with van der Waals surface area (Å²) in [6, 6.07) is 17.0. The number of aromatic carboxylic acids is 2. The molecule has 6 N–H and O–H groups in total. The first kappa shape index (κ1) is 40.5. The average molecular weight is 805 g/mol. The van der Waals surface area contributed by atoms with Gasteiger partial charge in [0.05, 0.1) is 41.7 Å². The van der Waals surface area contributed by atoms with Gasteiger partial charge in [-0.15, -0.1) is 29.9 Å². The second-order valence-corrected chi connectivity index (χ2v) is 11.6. The standard InChI is InChI=1S/C34H27N7O11S.Cu/c1-16-10-28(31(50-3)15-23(16)36-37-24-11-19(33(45)46)5-8-21(24)34(47)48)40-38-26-14-30(44)27(13-25(26)35-17(2)42)39-41-32-22-12-20(53-52-51-49)7-4-18(22)6-9-29(32)43;/h4-15,43-44,49H,1-3H3,(H,35,42)(H,45,46)(H,47,48);. The maximum Gasteiger partial charge on any atom is 0.337 e. The molecule has 0 heterocycles. The molecule has 0 fully saturated rings. The molecule has 0 saturated carbocycles. The predicted molar refractivity (Wildman–Crippen MR) is 189 cm³/mol. The molecule has 0 bridgehead atoms. The summed E-state index contributed by atoms with van der Waals surface area (Å²) < 4.78 is 9.93. The molecule has 54 heavy (non-hydrogen) atoms. The van der Waals surface area contributed by atoms with Crippen molar-refractivity contribution in [2.45, 2.75) is 18.7 Å². The minimum atomic E-state index is -1.32. The number of nitrogens with one attached hydrogen (secondary N) is 1. The number of nitrogens with zero attached hydrogens (tertiary/aromatic N) is 6. The zero-order chi connectivity index (χ0) is 38.2. The van der Waals surface area contributed by atoms with Gasteiger partial charge in [0.25, 0.3) is 0 Å². The number of carbonyl (C=O) groups excluding carboxylic acids is 1. The number of phenolic OH excluding ortho intramolecular Hbond substituents is 2. The number of fused-ring (bicyclic) bond motifs is 1. The minimum Gasteiger partial charge on any atom is -0.506 e. The number of carboxylic acids is 2. The molecular weight excluding hydrogens is 778 g/mol. The topological polar surface area (TPSA) is 266 Å². The molecular formula is C34H27CuN7O11S. The fourth-order valence-electron chi connectivity index (χ4n) is 4.76. The van der Waals surface area contributed by atoms with E-state index in [-0.39, 0.29) is 79.5 Å². The molecule has 5 aromatic carbocycles. The number of amides is 1. The van der Waals surface area contributed by atoms with Gasteiger partial charge in [0.1, 0.15) is 45.7 Å². The number of aryl methyl sites for hydroxylation is 1. The normalized spacial score (nSPS) is 11.3. The van der Waals surface area contributed by atoms with Gasteiger partial charge in [0, 0.05) is 46.4 Å². The van der Waals surface area contributed by atoms with Gasteiger partial charge < -0.3 is 30.5 Å². The van der Waals surface area contributed by atoms with Gasteiger partial charge >= 0.3 is 11.9 Å². The Morgan fingerprint density at radius 2 is 1.41 bits per heavy atom. The van der Waals surface area contributed by atoms with Crippen LogP contribution in [0.1, 0.15) is 33.2 Å². The van der Waals surface area contributed by atoms with Crippen LogP contribution < -0.4 is 10.1 Å². The SMILES string of the molecule is COc1cc(N=Nc2cc(C(=O)O)ccc2C(=O)O)c(C)cc1N=Nc1cc(O)c(N=Nc2c(O)ccc3ccc(SOOO)cc23)cc1NC(C)=O.[Cu]. The number of carbonyl (C=O) groups is 3. The third-order valence-corrected chi connectivity index (χ3v) is 7.84. The van der Waals surface area contributed by atoms with Crippen molar-refractivity contribution in [3.63, 3.8) is 0 Å². The Kier molecular flexibility index (Phi) is 13.5. The van der Waals surface area contributed by atoms with Crippen LogP contribution in [0, 0.1) is 6.92 Å². The average Bonchev–Trinajstić information content (AvgIpc) is 3.12. The molecule has 1 radical (unpaired) electrons. The van der Waals surface area contributed by atoms with Gasteiger partial charge in [-0.2, -0.15) is 5.11 Å². The molecule has 0 aromatic heterocycles. The first-order chi connectivity index (χ1) is 25.4. The number of benzene rings is 5. The molecule has 0 unspecified atom stereocenters. The van der Waals surface area contributed by atoms with Crippen molar-refractivity contribution >= 4 is 80.5 Å². The first-order valence-electron chi connectivity index (χ1n) is 15.0. The summed E-state index contributed by atoms with van der Waals surface area (Å²) in [7, 11) is 1.36. The van der Waals surface area contributed by atoms with Crippen molar-refractivity contribution in [1.29, 1.82) is 0 Å². The van der Waals surface area contributed by atoms with E-state index >= 15 is 0 Å². The Morgan fingerprint density at radius 3 is 2.09 bits per heavy atom. The number of rotatable bonds is 13. The van der Waals surface area contributed by atoms with Gasteiger partial charge in [-0.1, -0.05) is 17.2 Å². The van der Waals surface area contributed by atoms with E-state index in [9.17, 15) is 34.8 Å². The zero-order valence-electron chi connectivity index (χ0n) is 28.0. The molecule has 1 amide bonds. The van der Waals surface area contributed by atoms with Crippen molar-refractivity contribution < 1.29 is 71.2 Å². The number of azo groups is 3. The van der Waals surface area contributed by atoms with E-state index in [0.29, 0.717) is 33.3 Å². The van der Waals surface area contributed by atoms with Crippen LogP contribution in [0.3, 0.4) is 0 Å². The van der Waals surface area contributed by atoms with Gasteiger partial charge in [-0.25, -0.2) is 14.8 Å². The van der Waals surface area contributed by atoms with Gasteiger partial charge in [0.15, 0.2) is 0 Å².